The minimum Gasteiger partial charge on any atom is -0.198 e. The summed E-state index contributed by atoms with van der Waals surface area (Å²) in [5.41, 5.74) is 15.7. The fraction of sp³-hybridized carbons (Fsp3) is 0.500. The van der Waals surface area contributed by atoms with E-state index in [1.165, 1.54) is 61.5 Å². The fourth-order valence-electron chi connectivity index (χ4n) is 3.90. The van der Waals surface area contributed by atoms with Gasteiger partial charge >= 0.3 is 0 Å². The second-order valence-corrected chi connectivity index (χ2v) is 7.08. The number of benzene rings is 1. The van der Waals surface area contributed by atoms with Crippen LogP contribution in [0.5, 0.6) is 0 Å². The molecule has 0 atom stereocenters. The van der Waals surface area contributed by atoms with Crippen LogP contribution in [0.4, 0.5) is 0 Å². The van der Waals surface area contributed by atoms with Gasteiger partial charge in [-0.05, 0) is 88.3 Å². The predicted molar refractivity (Wildman–Crippen MR) is 100 cm³/mol. The average Bonchev–Trinajstić information content (AvgIpc) is 2.54. The third kappa shape index (κ3) is 2.51. The number of pyridine rings is 1. The van der Waals surface area contributed by atoms with Crippen molar-refractivity contribution in [3.63, 3.8) is 0 Å². The van der Waals surface area contributed by atoms with E-state index in [-0.39, 0.29) is 0 Å². The van der Waals surface area contributed by atoms with E-state index in [4.69, 9.17) is 0 Å². The van der Waals surface area contributed by atoms with Gasteiger partial charge in [0.2, 0.25) is 5.69 Å². The lowest BCUT2D eigenvalue weighted by atomic mass is 9.85. The molecular formula is C22H32N+. The molecule has 0 unspecified atom stereocenters. The van der Waals surface area contributed by atoms with Crippen molar-refractivity contribution in [2.24, 2.45) is 7.05 Å². The lowest BCUT2D eigenvalue weighted by Crippen LogP contribution is -2.38. The van der Waals surface area contributed by atoms with Gasteiger partial charge in [0.15, 0.2) is 5.69 Å². The first-order valence-electron chi connectivity index (χ1n) is 8.71. The highest BCUT2D eigenvalue weighted by atomic mass is 15.0. The van der Waals surface area contributed by atoms with E-state index >= 15 is 0 Å². The van der Waals surface area contributed by atoms with Gasteiger partial charge in [0.25, 0.3) is 0 Å². The Morgan fingerprint density at radius 3 is 1.48 bits per heavy atom. The van der Waals surface area contributed by atoms with Crippen LogP contribution in [0.1, 0.15) is 57.1 Å². The van der Waals surface area contributed by atoms with E-state index in [1.54, 1.807) is 0 Å². The zero-order chi connectivity index (χ0) is 17.6. The summed E-state index contributed by atoms with van der Waals surface area (Å²) in [7, 11) is 2.22. The molecule has 1 aromatic heterocycles. The third-order valence-corrected chi connectivity index (χ3v) is 6.27. The summed E-state index contributed by atoms with van der Waals surface area (Å²) >= 11 is 0. The summed E-state index contributed by atoms with van der Waals surface area (Å²) < 4.78 is 2.41. The number of aromatic nitrogens is 1. The van der Waals surface area contributed by atoms with Crippen LogP contribution in [-0.2, 0) is 13.5 Å². The highest BCUT2D eigenvalue weighted by Gasteiger charge is 2.27. The minimum absolute atomic E-state index is 1.07. The zero-order valence-corrected chi connectivity index (χ0v) is 16.7. The lowest BCUT2D eigenvalue weighted by Gasteiger charge is -2.21. The Morgan fingerprint density at radius 1 is 0.609 bits per heavy atom. The molecule has 2 aromatic rings. The molecule has 0 spiro atoms. The van der Waals surface area contributed by atoms with Gasteiger partial charge in [-0.15, -0.1) is 0 Å². The first kappa shape index (κ1) is 17.7. The summed E-state index contributed by atoms with van der Waals surface area (Å²) in [6.45, 7) is 20.4. The standard InChI is InChI=1S/C22H32N/c1-11-20-16(6)15(5)19(9)23(10)22(20)21-17(7)13(3)12(2)14(4)18(21)8/h11H2,1-10H3/q+1. The third-order valence-electron chi connectivity index (χ3n) is 6.27. The number of hydrogen-bond acceptors (Lipinski definition) is 0. The van der Waals surface area contributed by atoms with Crippen LogP contribution < -0.4 is 4.57 Å². The molecule has 0 aliphatic carbocycles. The highest BCUT2D eigenvalue weighted by molar-refractivity contribution is 5.73. The van der Waals surface area contributed by atoms with Gasteiger partial charge in [0.05, 0.1) is 5.56 Å². The Labute approximate surface area is 142 Å². The van der Waals surface area contributed by atoms with Crippen LogP contribution in [-0.4, -0.2) is 0 Å². The molecule has 0 aliphatic heterocycles. The smallest absolute Gasteiger partial charge is 0.198 e. The Morgan fingerprint density at radius 2 is 1.04 bits per heavy atom. The first-order chi connectivity index (χ1) is 10.6. The molecule has 1 heterocycles. The van der Waals surface area contributed by atoms with Crippen LogP contribution in [0, 0.1) is 55.4 Å². The second-order valence-electron chi connectivity index (χ2n) is 7.08. The average molecular weight is 311 g/mol. The van der Waals surface area contributed by atoms with Gasteiger partial charge in [-0.2, -0.15) is 4.57 Å². The predicted octanol–water partition coefficient (Wildman–Crippen LogP) is 5.21. The van der Waals surface area contributed by atoms with Crippen molar-refractivity contribution in [1.29, 1.82) is 0 Å². The maximum Gasteiger partial charge on any atom is 0.216 e. The quantitative estimate of drug-likeness (QED) is 0.671. The van der Waals surface area contributed by atoms with E-state index < -0.39 is 0 Å². The molecule has 0 radical (unpaired) electrons. The van der Waals surface area contributed by atoms with Crippen molar-refractivity contribution in [2.45, 2.75) is 68.7 Å². The molecule has 0 fully saturated rings. The van der Waals surface area contributed by atoms with Crippen molar-refractivity contribution in [1.82, 2.24) is 0 Å². The van der Waals surface area contributed by atoms with E-state index in [0.29, 0.717) is 0 Å². The minimum atomic E-state index is 1.07. The summed E-state index contributed by atoms with van der Waals surface area (Å²) in [6.07, 6.45) is 1.07. The number of nitrogens with zero attached hydrogens (tertiary/aromatic N) is 1. The van der Waals surface area contributed by atoms with Gasteiger partial charge in [-0.3, -0.25) is 0 Å². The van der Waals surface area contributed by atoms with Gasteiger partial charge in [-0.1, -0.05) is 6.92 Å². The molecule has 1 nitrogen and oxygen atoms in total. The molecule has 0 saturated carbocycles. The van der Waals surface area contributed by atoms with Gasteiger partial charge in [0, 0.05) is 18.1 Å². The zero-order valence-electron chi connectivity index (χ0n) is 16.7. The molecule has 124 valence electrons. The van der Waals surface area contributed by atoms with E-state index in [1.807, 2.05) is 0 Å². The Balaban J connectivity index is 3.06. The molecule has 0 amide bonds. The largest absolute Gasteiger partial charge is 0.216 e. The lowest BCUT2D eigenvalue weighted by molar-refractivity contribution is -0.667. The fourth-order valence-corrected chi connectivity index (χ4v) is 3.90. The molecule has 23 heavy (non-hydrogen) atoms. The normalized spacial score (nSPS) is 11.2. The second kappa shape index (κ2) is 6.11. The molecule has 0 saturated heterocycles. The van der Waals surface area contributed by atoms with Crippen LogP contribution in [0.3, 0.4) is 0 Å². The van der Waals surface area contributed by atoms with Crippen molar-refractivity contribution in [3.8, 4) is 11.3 Å². The molecular weight excluding hydrogens is 278 g/mol. The van der Waals surface area contributed by atoms with Crippen molar-refractivity contribution in [2.75, 3.05) is 0 Å². The summed E-state index contributed by atoms with van der Waals surface area (Å²) in [6, 6.07) is 0. The van der Waals surface area contributed by atoms with Crippen LogP contribution in [0.2, 0.25) is 0 Å². The van der Waals surface area contributed by atoms with Crippen LogP contribution >= 0.6 is 0 Å². The monoisotopic (exact) mass is 310 g/mol. The Kier molecular flexibility index (Phi) is 4.71. The van der Waals surface area contributed by atoms with Gasteiger partial charge in [0.1, 0.15) is 7.05 Å². The summed E-state index contributed by atoms with van der Waals surface area (Å²) in [5, 5.41) is 0. The van der Waals surface area contributed by atoms with Crippen molar-refractivity contribution >= 4 is 0 Å². The number of rotatable bonds is 2. The van der Waals surface area contributed by atoms with Crippen molar-refractivity contribution < 1.29 is 4.57 Å². The van der Waals surface area contributed by atoms with E-state index in [2.05, 4.69) is 73.9 Å². The van der Waals surface area contributed by atoms with Gasteiger partial charge in [-0.25, -0.2) is 0 Å². The van der Waals surface area contributed by atoms with Crippen LogP contribution in [0.25, 0.3) is 11.3 Å². The van der Waals surface area contributed by atoms with E-state index in [0.717, 1.165) is 6.42 Å². The molecule has 1 heteroatoms. The van der Waals surface area contributed by atoms with Crippen LogP contribution in [0.15, 0.2) is 0 Å². The van der Waals surface area contributed by atoms with Gasteiger partial charge < -0.3 is 0 Å². The summed E-state index contributed by atoms with van der Waals surface area (Å²) in [5.74, 6) is 0. The van der Waals surface area contributed by atoms with E-state index in [9.17, 15) is 0 Å². The van der Waals surface area contributed by atoms with Crippen molar-refractivity contribution in [3.05, 3.63) is 50.2 Å². The topological polar surface area (TPSA) is 3.88 Å². The summed E-state index contributed by atoms with van der Waals surface area (Å²) in [4.78, 5) is 0. The SMILES string of the molecule is CCc1c(C)c(C)c(C)[n+](C)c1-c1c(C)c(C)c(C)c(C)c1C. The first-order valence-corrected chi connectivity index (χ1v) is 8.71. The molecule has 0 aliphatic rings. The highest BCUT2D eigenvalue weighted by Crippen LogP contribution is 2.36. The Hall–Kier alpha value is -1.63. The molecule has 2 rings (SSSR count). The molecule has 1 aromatic carbocycles. The Bertz CT molecular complexity index is 766. The maximum absolute atomic E-state index is 2.41. The molecule has 0 N–H and O–H groups in total. The molecule has 0 bridgehead atoms. The number of hydrogen-bond donors (Lipinski definition) is 0. The maximum atomic E-state index is 2.41.